The minimum absolute atomic E-state index is 0.215. The molecule has 0 unspecified atom stereocenters. The SMILES string of the molecule is CCOc1cc(/C=C2/NC(=O)N(C)C2=O)cc(Br)c1OCc1ccc2ccccc2c1. The highest BCUT2D eigenvalue weighted by molar-refractivity contribution is 9.10. The van der Waals surface area contributed by atoms with Crippen molar-refractivity contribution in [2.45, 2.75) is 13.5 Å². The third-order valence-corrected chi connectivity index (χ3v) is 5.51. The minimum Gasteiger partial charge on any atom is -0.490 e. The summed E-state index contributed by atoms with van der Waals surface area (Å²) in [6.07, 6.45) is 1.62. The minimum atomic E-state index is -0.448. The van der Waals surface area contributed by atoms with Gasteiger partial charge in [0.05, 0.1) is 11.1 Å². The van der Waals surface area contributed by atoms with Crippen LogP contribution in [0, 0.1) is 0 Å². The molecule has 31 heavy (non-hydrogen) atoms. The van der Waals surface area contributed by atoms with Crippen molar-refractivity contribution in [1.29, 1.82) is 0 Å². The van der Waals surface area contributed by atoms with E-state index in [1.54, 1.807) is 12.1 Å². The molecule has 1 N–H and O–H groups in total. The maximum Gasteiger partial charge on any atom is 0.328 e. The number of hydrogen-bond donors (Lipinski definition) is 1. The van der Waals surface area contributed by atoms with Crippen molar-refractivity contribution < 1.29 is 19.1 Å². The van der Waals surface area contributed by atoms with E-state index in [-0.39, 0.29) is 11.6 Å². The molecule has 0 radical (unpaired) electrons. The Hall–Kier alpha value is -3.32. The van der Waals surface area contributed by atoms with Crippen molar-refractivity contribution >= 4 is 44.7 Å². The van der Waals surface area contributed by atoms with E-state index in [0.29, 0.717) is 34.7 Å². The highest BCUT2D eigenvalue weighted by atomic mass is 79.9. The standard InChI is InChI=1S/C24H21BrN2O4/c1-3-30-21-13-16(12-20-23(28)27(2)24(29)26-20)11-19(25)22(21)31-14-15-8-9-17-6-4-5-7-18(17)10-15/h4-13H,3,14H2,1-2H3,(H,26,29)/b20-12+. The predicted molar refractivity (Wildman–Crippen MR) is 123 cm³/mol. The van der Waals surface area contributed by atoms with Crippen LogP contribution in [0.4, 0.5) is 4.79 Å². The van der Waals surface area contributed by atoms with Crippen LogP contribution in [-0.2, 0) is 11.4 Å². The maximum atomic E-state index is 12.1. The summed E-state index contributed by atoms with van der Waals surface area (Å²) in [5, 5.41) is 4.89. The van der Waals surface area contributed by atoms with Crippen molar-refractivity contribution in [2.75, 3.05) is 13.7 Å². The van der Waals surface area contributed by atoms with Crippen LogP contribution in [0.25, 0.3) is 16.8 Å². The third-order valence-electron chi connectivity index (χ3n) is 4.92. The zero-order valence-electron chi connectivity index (χ0n) is 17.1. The summed E-state index contributed by atoms with van der Waals surface area (Å²) in [6, 6.07) is 17.6. The lowest BCUT2D eigenvalue weighted by Gasteiger charge is -2.15. The van der Waals surface area contributed by atoms with Gasteiger partial charge in [-0.1, -0.05) is 36.4 Å². The molecule has 0 bridgehead atoms. The Kier molecular flexibility index (Phi) is 5.95. The molecule has 3 aromatic carbocycles. The van der Waals surface area contributed by atoms with Gasteiger partial charge >= 0.3 is 6.03 Å². The largest absolute Gasteiger partial charge is 0.490 e. The first-order valence-electron chi connectivity index (χ1n) is 9.84. The van der Waals surface area contributed by atoms with E-state index in [2.05, 4.69) is 45.5 Å². The van der Waals surface area contributed by atoms with Gasteiger partial charge in [-0.2, -0.15) is 0 Å². The van der Waals surface area contributed by atoms with Crippen LogP contribution in [0.5, 0.6) is 11.5 Å². The summed E-state index contributed by atoms with van der Waals surface area (Å²) >= 11 is 3.55. The number of rotatable bonds is 6. The summed E-state index contributed by atoms with van der Waals surface area (Å²) < 4.78 is 12.6. The number of urea groups is 1. The summed E-state index contributed by atoms with van der Waals surface area (Å²) in [7, 11) is 1.43. The topological polar surface area (TPSA) is 67.9 Å². The molecular weight excluding hydrogens is 460 g/mol. The van der Waals surface area contributed by atoms with Crippen molar-refractivity contribution in [3.05, 3.63) is 75.9 Å². The summed E-state index contributed by atoms with van der Waals surface area (Å²) in [5.41, 5.74) is 1.96. The molecule has 3 aromatic rings. The predicted octanol–water partition coefficient (Wildman–Crippen LogP) is 5.10. The number of ether oxygens (including phenoxy) is 2. The van der Waals surface area contributed by atoms with Crippen molar-refractivity contribution in [1.82, 2.24) is 10.2 Å². The van der Waals surface area contributed by atoms with Gasteiger partial charge in [0.15, 0.2) is 11.5 Å². The number of carbonyl (C=O) groups excluding carboxylic acids is 2. The second-order valence-corrected chi connectivity index (χ2v) is 7.94. The van der Waals surface area contributed by atoms with E-state index < -0.39 is 6.03 Å². The van der Waals surface area contributed by atoms with E-state index >= 15 is 0 Å². The van der Waals surface area contributed by atoms with Crippen LogP contribution in [0.3, 0.4) is 0 Å². The Morgan fingerprint density at radius 2 is 1.81 bits per heavy atom. The van der Waals surface area contributed by atoms with E-state index in [9.17, 15) is 9.59 Å². The van der Waals surface area contributed by atoms with E-state index in [1.165, 1.54) is 12.4 Å². The molecule has 6 nitrogen and oxygen atoms in total. The van der Waals surface area contributed by atoms with E-state index in [4.69, 9.17) is 9.47 Å². The molecule has 1 aliphatic rings. The molecule has 7 heteroatoms. The highest BCUT2D eigenvalue weighted by Crippen LogP contribution is 2.38. The number of carbonyl (C=O) groups is 2. The van der Waals surface area contributed by atoms with Crippen LogP contribution < -0.4 is 14.8 Å². The molecule has 1 fully saturated rings. The lowest BCUT2D eigenvalue weighted by Crippen LogP contribution is -2.25. The molecule has 1 aliphatic heterocycles. The van der Waals surface area contributed by atoms with Crippen molar-refractivity contribution in [3.63, 3.8) is 0 Å². The average molecular weight is 481 g/mol. The fourth-order valence-electron chi connectivity index (χ4n) is 3.35. The van der Waals surface area contributed by atoms with Gasteiger partial charge in [0.25, 0.3) is 5.91 Å². The number of fused-ring (bicyclic) bond motifs is 1. The number of amides is 3. The van der Waals surface area contributed by atoms with Crippen LogP contribution in [-0.4, -0.2) is 30.5 Å². The fraction of sp³-hybridized carbons (Fsp3) is 0.167. The number of nitrogens with zero attached hydrogens (tertiary/aromatic N) is 1. The zero-order valence-corrected chi connectivity index (χ0v) is 18.7. The van der Waals surface area contributed by atoms with Crippen molar-refractivity contribution in [3.8, 4) is 11.5 Å². The number of benzene rings is 3. The molecule has 158 valence electrons. The van der Waals surface area contributed by atoms with Gasteiger partial charge in [0.1, 0.15) is 12.3 Å². The number of nitrogens with one attached hydrogen (secondary N) is 1. The first kappa shape index (κ1) is 20.9. The van der Waals surface area contributed by atoms with E-state index in [0.717, 1.165) is 15.8 Å². The zero-order chi connectivity index (χ0) is 22.0. The maximum absolute atomic E-state index is 12.1. The normalized spacial score (nSPS) is 14.9. The van der Waals surface area contributed by atoms with Crippen LogP contribution >= 0.6 is 15.9 Å². The number of hydrogen-bond acceptors (Lipinski definition) is 4. The molecule has 3 amide bonds. The molecule has 0 spiro atoms. The number of halogens is 1. The smallest absolute Gasteiger partial charge is 0.328 e. The number of likely N-dealkylation sites (N-methyl/N-ethyl adjacent to an activating group) is 1. The highest BCUT2D eigenvalue weighted by Gasteiger charge is 2.30. The molecule has 0 aliphatic carbocycles. The Labute approximate surface area is 188 Å². The average Bonchev–Trinajstić information content (AvgIpc) is 2.99. The van der Waals surface area contributed by atoms with Gasteiger partial charge in [-0.25, -0.2) is 4.79 Å². The molecule has 1 saturated heterocycles. The lowest BCUT2D eigenvalue weighted by molar-refractivity contribution is -0.121. The Morgan fingerprint density at radius 3 is 2.52 bits per heavy atom. The Morgan fingerprint density at radius 1 is 1.03 bits per heavy atom. The van der Waals surface area contributed by atoms with Gasteiger partial charge in [-0.15, -0.1) is 0 Å². The summed E-state index contributed by atoms with van der Waals surface area (Å²) in [5.74, 6) is 0.751. The monoisotopic (exact) mass is 480 g/mol. The molecular formula is C24H21BrN2O4. The second kappa shape index (κ2) is 8.81. The Balaban J connectivity index is 1.60. The second-order valence-electron chi connectivity index (χ2n) is 7.09. The van der Waals surface area contributed by atoms with Crippen LogP contribution in [0.2, 0.25) is 0 Å². The summed E-state index contributed by atoms with van der Waals surface area (Å²) in [4.78, 5) is 24.9. The first-order valence-corrected chi connectivity index (χ1v) is 10.6. The lowest BCUT2D eigenvalue weighted by atomic mass is 10.1. The van der Waals surface area contributed by atoms with E-state index in [1.807, 2.05) is 31.2 Å². The number of imide groups is 1. The quantitative estimate of drug-likeness (QED) is 0.393. The van der Waals surface area contributed by atoms with Crippen LogP contribution in [0.15, 0.2) is 64.8 Å². The molecule has 1 heterocycles. The van der Waals surface area contributed by atoms with Crippen molar-refractivity contribution in [2.24, 2.45) is 0 Å². The third kappa shape index (κ3) is 4.41. The molecule has 0 aromatic heterocycles. The summed E-state index contributed by atoms with van der Waals surface area (Å²) in [6.45, 7) is 2.72. The van der Waals surface area contributed by atoms with Gasteiger partial charge in [-0.3, -0.25) is 9.69 Å². The van der Waals surface area contributed by atoms with Gasteiger partial charge < -0.3 is 14.8 Å². The molecule has 4 rings (SSSR count). The van der Waals surface area contributed by atoms with Gasteiger partial charge in [0, 0.05) is 7.05 Å². The molecule has 0 atom stereocenters. The van der Waals surface area contributed by atoms with Gasteiger partial charge in [-0.05, 0) is 69.0 Å². The van der Waals surface area contributed by atoms with Crippen LogP contribution in [0.1, 0.15) is 18.1 Å². The van der Waals surface area contributed by atoms with Gasteiger partial charge in [0.2, 0.25) is 0 Å². The fourth-order valence-corrected chi connectivity index (χ4v) is 3.92. The molecule has 0 saturated carbocycles. The Bertz CT molecular complexity index is 1210. The first-order chi connectivity index (χ1) is 15.0.